The van der Waals surface area contributed by atoms with E-state index < -0.39 is 6.10 Å². The Kier molecular flexibility index (Phi) is 8.22. The van der Waals surface area contributed by atoms with Gasteiger partial charge < -0.3 is 30.6 Å². The van der Waals surface area contributed by atoms with Crippen molar-refractivity contribution in [3.8, 4) is 11.6 Å². The van der Waals surface area contributed by atoms with Gasteiger partial charge in [0.05, 0.1) is 11.3 Å². The maximum Gasteiger partial charge on any atom is 0.198 e. The Morgan fingerprint density at radius 1 is 1.08 bits per heavy atom. The van der Waals surface area contributed by atoms with E-state index in [1.54, 1.807) is 72.9 Å². The molecule has 5 N–H and O–H groups in total. The summed E-state index contributed by atoms with van der Waals surface area (Å²) in [4.78, 5) is 22.4. The molecule has 4 aromatic rings. The number of hydrogen-bond donors (Lipinski definition) is 4. The number of aromatic amines is 1. The molecule has 0 aliphatic carbocycles. The predicted molar refractivity (Wildman–Crippen MR) is 147 cm³/mol. The second-order valence-corrected chi connectivity index (χ2v) is 8.81. The minimum atomic E-state index is -0.566. The smallest absolute Gasteiger partial charge is 0.198 e. The van der Waals surface area contributed by atoms with Gasteiger partial charge in [-0.15, -0.1) is 0 Å². The number of carbonyl (C=O) groups excluding carboxylic acids is 1. The van der Waals surface area contributed by atoms with Crippen LogP contribution in [0.15, 0.2) is 71.7 Å². The number of aliphatic hydroxyl groups is 1. The number of ketones is 1. The number of nitrogens with one attached hydrogen (secondary N) is 1. The fraction of sp³-hybridized carbons (Fsp3) is 0.241. The first-order valence-electron chi connectivity index (χ1n) is 12.3. The lowest BCUT2D eigenvalue weighted by Gasteiger charge is -2.21. The minimum Gasteiger partial charge on any atom is -0.494 e. The maximum absolute atomic E-state index is 12.8. The number of likely N-dealkylation sites (N-methyl/N-ethyl adjacent to an activating group) is 1. The van der Waals surface area contributed by atoms with Crippen molar-refractivity contribution in [1.29, 1.82) is 0 Å². The lowest BCUT2D eigenvalue weighted by atomic mass is 10.0. The van der Waals surface area contributed by atoms with E-state index in [1.165, 1.54) is 0 Å². The van der Waals surface area contributed by atoms with Crippen molar-refractivity contribution < 1.29 is 19.7 Å². The fourth-order valence-electron chi connectivity index (χ4n) is 4.12. The zero-order chi connectivity index (χ0) is 26.4. The average Bonchev–Trinajstić information content (AvgIpc) is 3.23. The highest BCUT2D eigenvalue weighted by molar-refractivity contribution is 6.12. The number of aromatic nitrogens is 1. The summed E-state index contributed by atoms with van der Waals surface area (Å²) in [5.41, 5.74) is 9.15. The highest BCUT2D eigenvalue weighted by atomic mass is 16.5. The number of aliphatic hydroxyl groups excluding tert-OH is 1. The van der Waals surface area contributed by atoms with E-state index in [-0.39, 0.29) is 18.3 Å². The number of carbonyl (C=O) groups is 1. The maximum atomic E-state index is 12.8. The Balaban J connectivity index is 1.43. The summed E-state index contributed by atoms with van der Waals surface area (Å²) in [5.74, 6) is 0.459. The molecule has 0 saturated heterocycles. The molecule has 0 bridgehead atoms. The van der Waals surface area contributed by atoms with Crippen molar-refractivity contribution in [1.82, 2.24) is 9.88 Å². The zero-order valence-corrected chi connectivity index (χ0v) is 21.0. The highest BCUT2D eigenvalue weighted by Crippen LogP contribution is 2.28. The van der Waals surface area contributed by atoms with Crippen LogP contribution in [0.4, 0.5) is 11.4 Å². The van der Waals surface area contributed by atoms with E-state index in [9.17, 15) is 15.0 Å². The Morgan fingerprint density at radius 2 is 1.81 bits per heavy atom. The van der Waals surface area contributed by atoms with Gasteiger partial charge >= 0.3 is 0 Å². The molecule has 1 heterocycles. The minimum absolute atomic E-state index is 0.0329. The molecular formula is C29H32N4O4. The molecule has 1 aromatic heterocycles. The van der Waals surface area contributed by atoms with Gasteiger partial charge in [0.25, 0.3) is 0 Å². The van der Waals surface area contributed by atoms with E-state index >= 15 is 0 Å². The Morgan fingerprint density at radius 3 is 2.51 bits per heavy atom. The number of nitrogens with two attached hydrogens (primary N) is 1. The Hall–Kier alpha value is -4.14. The van der Waals surface area contributed by atoms with E-state index in [1.807, 2.05) is 0 Å². The normalized spacial score (nSPS) is 12.4. The van der Waals surface area contributed by atoms with Crippen molar-refractivity contribution in [2.24, 2.45) is 4.99 Å². The van der Waals surface area contributed by atoms with Gasteiger partial charge in [0.1, 0.15) is 18.5 Å². The molecule has 37 heavy (non-hydrogen) atoms. The quantitative estimate of drug-likeness (QED) is 0.136. The van der Waals surface area contributed by atoms with Crippen molar-refractivity contribution in [3.63, 3.8) is 0 Å². The molecule has 1 unspecified atom stereocenters. The van der Waals surface area contributed by atoms with E-state index in [0.29, 0.717) is 45.9 Å². The monoisotopic (exact) mass is 500 g/mol. The van der Waals surface area contributed by atoms with Gasteiger partial charge in [0.15, 0.2) is 11.7 Å². The summed E-state index contributed by atoms with van der Waals surface area (Å²) in [7, 11) is 0. The van der Waals surface area contributed by atoms with Gasteiger partial charge in [0, 0.05) is 40.5 Å². The van der Waals surface area contributed by atoms with Crippen LogP contribution >= 0.6 is 0 Å². The van der Waals surface area contributed by atoms with Crippen molar-refractivity contribution >= 4 is 34.3 Å². The van der Waals surface area contributed by atoms with Crippen LogP contribution in [-0.2, 0) is 0 Å². The van der Waals surface area contributed by atoms with Crippen molar-refractivity contribution in [3.05, 3.63) is 83.4 Å². The number of nitrogens with zero attached hydrogens (tertiary/aromatic N) is 2. The molecule has 8 nitrogen and oxygen atoms in total. The first kappa shape index (κ1) is 25.9. The number of anilines is 1. The third-order valence-corrected chi connectivity index (χ3v) is 6.21. The summed E-state index contributed by atoms with van der Waals surface area (Å²) >= 11 is 0. The fourth-order valence-corrected chi connectivity index (χ4v) is 4.12. The Bertz CT molecular complexity index is 1390. The second-order valence-electron chi connectivity index (χ2n) is 8.81. The molecule has 192 valence electrons. The van der Waals surface area contributed by atoms with Gasteiger partial charge in [0.2, 0.25) is 0 Å². The lowest BCUT2D eigenvalue weighted by Crippen LogP contribution is -2.35. The van der Waals surface area contributed by atoms with Crippen LogP contribution in [0.5, 0.6) is 11.6 Å². The molecular weight excluding hydrogens is 468 g/mol. The van der Waals surface area contributed by atoms with Crippen LogP contribution in [0, 0.1) is 0 Å². The first-order valence-corrected chi connectivity index (χ1v) is 12.3. The molecule has 3 aromatic carbocycles. The third-order valence-electron chi connectivity index (χ3n) is 6.21. The van der Waals surface area contributed by atoms with E-state index in [0.717, 1.165) is 18.5 Å². The number of H-pyrrole nitrogens is 1. The van der Waals surface area contributed by atoms with Crippen LogP contribution in [0.1, 0.15) is 35.3 Å². The van der Waals surface area contributed by atoms with Crippen molar-refractivity contribution in [2.45, 2.75) is 20.0 Å². The van der Waals surface area contributed by atoms with Crippen LogP contribution in [0.2, 0.25) is 0 Å². The van der Waals surface area contributed by atoms with Crippen LogP contribution in [-0.4, -0.2) is 64.4 Å². The summed E-state index contributed by atoms with van der Waals surface area (Å²) in [5, 5.41) is 21.4. The standard InChI is InChI=1S/C29H32N4O4/c1-3-33(4-2)17-23(34)18-37-24-11-9-22(10-12-24)31-16-26-25-13-8-20(15-27(25)32-29(26)36)28(35)19-6-5-7-21(30)14-19/h5-16,23,32,34,36H,3-4,17-18,30H2,1-2H3. The lowest BCUT2D eigenvalue weighted by molar-refractivity contribution is 0.0716. The Labute approximate surface area is 216 Å². The molecule has 0 spiro atoms. The van der Waals surface area contributed by atoms with Gasteiger partial charge in [-0.2, -0.15) is 0 Å². The third kappa shape index (κ3) is 6.35. The van der Waals surface area contributed by atoms with E-state index in [4.69, 9.17) is 10.5 Å². The number of fused-ring (bicyclic) bond motifs is 1. The van der Waals surface area contributed by atoms with Crippen LogP contribution in [0.3, 0.4) is 0 Å². The zero-order valence-electron chi connectivity index (χ0n) is 21.0. The molecule has 0 amide bonds. The number of aliphatic imine (C=N–C) groups is 1. The second kappa shape index (κ2) is 11.7. The van der Waals surface area contributed by atoms with Crippen LogP contribution in [0.25, 0.3) is 10.9 Å². The molecule has 0 aliphatic heterocycles. The summed E-state index contributed by atoms with van der Waals surface area (Å²) in [6.07, 6.45) is 1.01. The molecule has 1 atom stereocenters. The summed E-state index contributed by atoms with van der Waals surface area (Å²) in [6, 6.07) is 19.2. The average molecular weight is 501 g/mol. The first-order chi connectivity index (χ1) is 17.9. The van der Waals surface area contributed by atoms with Gasteiger partial charge in [-0.05, 0) is 55.6 Å². The molecule has 0 aliphatic rings. The summed E-state index contributed by atoms with van der Waals surface area (Å²) in [6.45, 7) is 6.68. The number of aromatic hydroxyl groups is 1. The van der Waals surface area contributed by atoms with Gasteiger partial charge in [-0.3, -0.25) is 9.79 Å². The van der Waals surface area contributed by atoms with Crippen molar-refractivity contribution in [2.75, 3.05) is 32.0 Å². The number of hydrogen-bond acceptors (Lipinski definition) is 7. The SMILES string of the molecule is CCN(CC)CC(O)COc1ccc(N=Cc2c(O)[nH]c3cc(C(=O)c4cccc(N)c4)ccc23)cc1. The largest absolute Gasteiger partial charge is 0.494 e. The number of nitrogen functional groups attached to an aromatic ring is 1. The molecule has 0 radical (unpaired) electrons. The topological polar surface area (TPSA) is 124 Å². The van der Waals surface area contributed by atoms with Crippen LogP contribution < -0.4 is 10.5 Å². The predicted octanol–water partition coefficient (Wildman–Crippen LogP) is 4.52. The molecule has 4 rings (SSSR count). The molecule has 0 fully saturated rings. The number of benzene rings is 3. The molecule has 0 saturated carbocycles. The number of ether oxygens (including phenoxy) is 1. The molecule has 8 heteroatoms. The van der Waals surface area contributed by atoms with Gasteiger partial charge in [-0.1, -0.05) is 38.1 Å². The van der Waals surface area contributed by atoms with Gasteiger partial charge in [-0.25, -0.2) is 0 Å². The summed E-state index contributed by atoms with van der Waals surface area (Å²) < 4.78 is 5.70. The highest BCUT2D eigenvalue weighted by Gasteiger charge is 2.14. The number of rotatable bonds is 11. The van der Waals surface area contributed by atoms with E-state index in [2.05, 4.69) is 28.7 Å².